The molecule has 0 spiro atoms. The Morgan fingerprint density at radius 2 is 1.97 bits per heavy atom. The summed E-state index contributed by atoms with van der Waals surface area (Å²) in [6, 6.07) is 3.47. The number of hydrogen-bond acceptors (Lipinski definition) is 6. The van der Waals surface area contributed by atoms with Gasteiger partial charge in [-0.1, -0.05) is 0 Å². The number of nitrogens with zero attached hydrogens (tertiary/aromatic N) is 4. The Morgan fingerprint density at radius 3 is 2.63 bits per heavy atom. The van der Waals surface area contributed by atoms with Crippen molar-refractivity contribution >= 4 is 11.6 Å². The number of carbonyl (C=O) groups excluding carboxylic acids is 1. The van der Waals surface area contributed by atoms with Crippen molar-refractivity contribution in [2.24, 2.45) is 0 Å². The van der Waals surface area contributed by atoms with Crippen LogP contribution in [0.25, 0.3) is 0 Å². The summed E-state index contributed by atoms with van der Waals surface area (Å²) in [7, 11) is 0. The van der Waals surface area contributed by atoms with Gasteiger partial charge in [-0.25, -0.2) is 10.1 Å². The first-order chi connectivity index (χ1) is 14.2. The van der Waals surface area contributed by atoms with Crippen molar-refractivity contribution in [2.45, 2.75) is 45.1 Å². The second kappa shape index (κ2) is 7.62. The molecule has 0 bridgehead atoms. The van der Waals surface area contributed by atoms with Gasteiger partial charge in [-0.15, -0.1) is 0 Å². The lowest BCUT2D eigenvalue weighted by molar-refractivity contribution is -0.138. The molecule has 2 aliphatic heterocycles. The molecule has 2 aromatic rings. The molecule has 30 heavy (non-hydrogen) atoms. The molecule has 8 nitrogen and oxygen atoms in total. The number of anilines is 1. The number of alkyl halides is 3. The first-order valence-electron chi connectivity index (χ1n) is 9.53. The minimum absolute atomic E-state index is 0.0386. The molecule has 1 saturated heterocycles. The monoisotopic (exact) mass is 423 g/mol. The van der Waals surface area contributed by atoms with Crippen LogP contribution in [0.1, 0.15) is 36.6 Å². The fourth-order valence-electron chi connectivity index (χ4n) is 3.83. The minimum atomic E-state index is -4.79. The number of piperidine rings is 1. The molecule has 2 aliphatic rings. The number of aromatic amines is 1. The molecule has 1 amide bonds. The van der Waals surface area contributed by atoms with Crippen LogP contribution in [0.3, 0.4) is 0 Å². The normalized spacial score (nSPS) is 17.2. The lowest BCUT2D eigenvalue weighted by Crippen LogP contribution is -2.40. The maximum absolute atomic E-state index is 13.4. The second-order valence-electron chi connectivity index (χ2n) is 7.39. The number of rotatable bonds is 3. The largest absolute Gasteiger partial charge is 0.474 e. The van der Waals surface area contributed by atoms with Crippen molar-refractivity contribution in [2.75, 3.05) is 18.0 Å². The van der Waals surface area contributed by atoms with E-state index in [0.717, 1.165) is 11.8 Å². The maximum Gasteiger partial charge on any atom is 0.423 e. The molecular weight excluding hydrogens is 403 g/mol. The fraction of sp³-hybridized carbons (Fsp3) is 0.474. The van der Waals surface area contributed by atoms with E-state index in [1.165, 1.54) is 11.8 Å². The van der Waals surface area contributed by atoms with Gasteiger partial charge in [-0.05, 0) is 11.6 Å². The number of fused-ring (bicyclic) bond motifs is 1. The molecule has 2 aromatic heterocycles. The molecule has 0 aliphatic carbocycles. The van der Waals surface area contributed by atoms with Gasteiger partial charge in [0.2, 0.25) is 11.8 Å². The Labute approximate surface area is 169 Å². The van der Waals surface area contributed by atoms with Crippen LogP contribution in [0.15, 0.2) is 23.1 Å². The number of pyridine rings is 1. The first kappa shape index (κ1) is 20.2. The minimum Gasteiger partial charge on any atom is -0.474 e. The molecule has 11 heteroatoms. The quantitative estimate of drug-likeness (QED) is 0.813. The summed E-state index contributed by atoms with van der Waals surface area (Å²) < 4.78 is 46.0. The van der Waals surface area contributed by atoms with Crippen LogP contribution in [0.5, 0.6) is 5.88 Å². The average Bonchev–Trinajstić information content (AvgIpc) is 3.10. The summed E-state index contributed by atoms with van der Waals surface area (Å²) in [5, 5.41) is 5.37. The van der Waals surface area contributed by atoms with Gasteiger partial charge >= 0.3 is 6.18 Å². The van der Waals surface area contributed by atoms with E-state index in [4.69, 9.17) is 4.74 Å². The molecule has 0 saturated carbocycles. The number of likely N-dealkylation sites (tertiary alicyclic amines) is 1. The van der Waals surface area contributed by atoms with Gasteiger partial charge in [0.1, 0.15) is 11.7 Å². The van der Waals surface area contributed by atoms with Crippen molar-refractivity contribution < 1.29 is 22.7 Å². The van der Waals surface area contributed by atoms with E-state index in [9.17, 15) is 22.8 Å². The number of amides is 1. The molecule has 0 radical (unpaired) electrons. The summed E-state index contributed by atoms with van der Waals surface area (Å²) in [5.74, 6) is 0.439. The molecule has 1 fully saturated rings. The van der Waals surface area contributed by atoms with E-state index in [-0.39, 0.29) is 30.8 Å². The van der Waals surface area contributed by atoms with Crippen LogP contribution < -0.4 is 15.2 Å². The Kier molecular flexibility index (Phi) is 5.12. The number of ether oxygens (including phenoxy) is 1. The SMILES string of the molecule is CC(=O)N1CCC(Oc2ccc3c(n2)CN(c2cn[nH]c(=O)c2C(F)(F)F)C3)CC1. The molecule has 0 aromatic carbocycles. The number of hydrogen-bond donors (Lipinski definition) is 1. The third-order valence-electron chi connectivity index (χ3n) is 5.38. The van der Waals surface area contributed by atoms with Crippen LogP contribution in [-0.2, 0) is 24.1 Å². The van der Waals surface area contributed by atoms with Gasteiger partial charge in [-0.3, -0.25) is 9.59 Å². The van der Waals surface area contributed by atoms with E-state index in [1.54, 1.807) is 17.0 Å². The standard InChI is InChI=1S/C19H20F3N5O3/c1-11(28)26-6-4-13(5-7-26)30-16-3-2-12-9-27(10-14(12)24-16)15-8-23-25-18(29)17(15)19(20,21)22/h2-3,8,13H,4-7,9-10H2,1H3,(H,25,29). The van der Waals surface area contributed by atoms with E-state index in [0.29, 0.717) is 37.5 Å². The Balaban J connectivity index is 1.48. The van der Waals surface area contributed by atoms with Crippen LogP contribution in [0.4, 0.5) is 18.9 Å². The smallest absolute Gasteiger partial charge is 0.423 e. The van der Waals surface area contributed by atoms with Crippen molar-refractivity contribution in [3.63, 3.8) is 0 Å². The number of nitrogens with one attached hydrogen (secondary N) is 1. The van der Waals surface area contributed by atoms with Crippen molar-refractivity contribution in [3.05, 3.63) is 45.5 Å². The molecule has 1 N–H and O–H groups in total. The van der Waals surface area contributed by atoms with Gasteiger partial charge in [-0.2, -0.15) is 18.3 Å². The number of carbonyl (C=O) groups is 1. The summed E-state index contributed by atoms with van der Waals surface area (Å²) in [6.07, 6.45) is -2.47. The van der Waals surface area contributed by atoms with E-state index in [2.05, 4.69) is 10.1 Å². The molecule has 0 atom stereocenters. The zero-order valence-electron chi connectivity index (χ0n) is 16.2. The van der Waals surface area contributed by atoms with E-state index in [1.807, 2.05) is 5.10 Å². The van der Waals surface area contributed by atoms with E-state index < -0.39 is 17.3 Å². The highest BCUT2D eigenvalue weighted by atomic mass is 19.4. The van der Waals surface area contributed by atoms with Crippen LogP contribution in [-0.4, -0.2) is 45.2 Å². The summed E-state index contributed by atoms with van der Waals surface area (Å²) in [6.45, 7) is 3.08. The molecule has 4 heterocycles. The number of H-pyrrole nitrogens is 1. The summed E-state index contributed by atoms with van der Waals surface area (Å²) in [4.78, 5) is 30.8. The van der Waals surface area contributed by atoms with Gasteiger partial charge in [0, 0.05) is 45.5 Å². The predicted molar refractivity (Wildman–Crippen MR) is 99.9 cm³/mol. The van der Waals surface area contributed by atoms with Crippen LogP contribution in [0.2, 0.25) is 0 Å². The van der Waals surface area contributed by atoms with Gasteiger partial charge in [0.05, 0.1) is 24.1 Å². The Morgan fingerprint density at radius 1 is 1.23 bits per heavy atom. The van der Waals surface area contributed by atoms with Crippen molar-refractivity contribution in [1.29, 1.82) is 0 Å². The Hall–Kier alpha value is -3.11. The third-order valence-corrected chi connectivity index (χ3v) is 5.38. The van der Waals surface area contributed by atoms with Gasteiger partial charge in [0.15, 0.2) is 0 Å². The zero-order valence-corrected chi connectivity index (χ0v) is 16.2. The Bertz CT molecular complexity index is 1020. The van der Waals surface area contributed by atoms with Gasteiger partial charge in [0.25, 0.3) is 5.56 Å². The summed E-state index contributed by atoms with van der Waals surface area (Å²) >= 11 is 0. The molecule has 0 unspecified atom stereocenters. The lowest BCUT2D eigenvalue weighted by Gasteiger charge is -2.31. The molecular formula is C19H20F3N5O3. The first-order valence-corrected chi connectivity index (χ1v) is 9.53. The highest BCUT2D eigenvalue weighted by Gasteiger charge is 2.39. The van der Waals surface area contributed by atoms with Gasteiger partial charge < -0.3 is 14.5 Å². The topological polar surface area (TPSA) is 91.4 Å². The zero-order chi connectivity index (χ0) is 21.5. The molecule has 4 rings (SSSR count). The average molecular weight is 423 g/mol. The summed E-state index contributed by atoms with van der Waals surface area (Å²) in [5.41, 5.74) is -1.45. The number of halogens is 3. The maximum atomic E-state index is 13.4. The van der Waals surface area contributed by atoms with Crippen molar-refractivity contribution in [1.82, 2.24) is 20.1 Å². The highest BCUT2D eigenvalue weighted by molar-refractivity contribution is 5.73. The third kappa shape index (κ3) is 3.96. The van der Waals surface area contributed by atoms with Crippen molar-refractivity contribution in [3.8, 4) is 5.88 Å². The predicted octanol–water partition coefficient (Wildman–Crippen LogP) is 2.09. The fourth-order valence-corrected chi connectivity index (χ4v) is 3.83. The lowest BCUT2D eigenvalue weighted by atomic mass is 10.1. The second-order valence-corrected chi connectivity index (χ2v) is 7.39. The van der Waals surface area contributed by atoms with Crippen LogP contribution in [0, 0.1) is 0 Å². The van der Waals surface area contributed by atoms with Crippen LogP contribution >= 0.6 is 0 Å². The van der Waals surface area contributed by atoms with E-state index >= 15 is 0 Å². The highest BCUT2D eigenvalue weighted by Crippen LogP contribution is 2.37. The number of aromatic nitrogens is 3. The molecule has 160 valence electrons.